The predicted octanol–water partition coefficient (Wildman–Crippen LogP) is 2.62. The fourth-order valence-corrected chi connectivity index (χ4v) is 5.55. The van der Waals surface area contributed by atoms with Crippen molar-refractivity contribution in [2.45, 2.75) is 38.3 Å². The Morgan fingerprint density at radius 2 is 1.93 bits per heavy atom. The summed E-state index contributed by atoms with van der Waals surface area (Å²) in [7, 11) is 0. The number of morpholine rings is 1. The first-order valence-electron chi connectivity index (χ1n) is 11.2. The van der Waals surface area contributed by atoms with Crippen molar-refractivity contribution in [3.63, 3.8) is 0 Å². The molecule has 3 aliphatic rings. The molecule has 3 aliphatic heterocycles. The van der Waals surface area contributed by atoms with E-state index >= 15 is 0 Å². The first kappa shape index (κ1) is 19.1. The second kappa shape index (κ2) is 8.09. The molecule has 29 heavy (non-hydrogen) atoms. The first-order valence-corrected chi connectivity index (χ1v) is 11.2. The van der Waals surface area contributed by atoms with Crippen molar-refractivity contribution < 1.29 is 4.74 Å². The molecular weight excluding hydrogens is 362 g/mol. The Labute approximate surface area is 173 Å². The lowest BCUT2D eigenvalue weighted by atomic mass is 9.78. The molecule has 2 aromatic rings. The van der Waals surface area contributed by atoms with Gasteiger partial charge in [0.1, 0.15) is 0 Å². The predicted molar refractivity (Wildman–Crippen MR) is 115 cm³/mol. The van der Waals surface area contributed by atoms with Crippen molar-refractivity contribution in [2.24, 2.45) is 0 Å². The van der Waals surface area contributed by atoms with Crippen LogP contribution in [0.3, 0.4) is 0 Å². The van der Waals surface area contributed by atoms with Crippen molar-refractivity contribution in [1.82, 2.24) is 19.8 Å². The van der Waals surface area contributed by atoms with Crippen molar-refractivity contribution in [3.8, 4) is 0 Å². The van der Waals surface area contributed by atoms with E-state index in [0.717, 1.165) is 65.4 Å². The van der Waals surface area contributed by atoms with Crippen LogP contribution in [0.15, 0.2) is 30.6 Å². The zero-order chi connectivity index (χ0) is 19.7. The van der Waals surface area contributed by atoms with Gasteiger partial charge in [-0.05, 0) is 37.1 Å². The molecule has 5 rings (SSSR count). The van der Waals surface area contributed by atoms with Gasteiger partial charge < -0.3 is 14.6 Å². The molecular formula is C23H33N5O. The van der Waals surface area contributed by atoms with Gasteiger partial charge in [-0.2, -0.15) is 0 Å². The average molecular weight is 396 g/mol. The number of aromatic amines is 1. The SMILES string of the molecule is CCN1CCc2[nH]cnc2C12CCN(Cc1cccc(N3CCOCC3)c1)CC2. The lowest BCUT2D eigenvalue weighted by Gasteiger charge is -2.50. The Bertz CT molecular complexity index is 820. The number of nitrogens with one attached hydrogen (secondary N) is 1. The van der Waals surface area contributed by atoms with Crippen LogP contribution in [0.25, 0.3) is 0 Å². The van der Waals surface area contributed by atoms with E-state index in [1.54, 1.807) is 0 Å². The molecule has 6 heteroatoms. The molecule has 1 spiro atoms. The molecule has 0 saturated carbocycles. The average Bonchev–Trinajstić information content (AvgIpc) is 3.27. The van der Waals surface area contributed by atoms with Crippen LogP contribution in [0, 0.1) is 0 Å². The Morgan fingerprint density at radius 1 is 1.10 bits per heavy atom. The van der Waals surface area contributed by atoms with E-state index in [1.807, 2.05) is 6.33 Å². The third-order valence-electron chi connectivity index (χ3n) is 7.15. The van der Waals surface area contributed by atoms with E-state index in [9.17, 15) is 0 Å². The van der Waals surface area contributed by atoms with Gasteiger partial charge in [0.05, 0.1) is 30.8 Å². The van der Waals surface area contributed by atoms with Crippen molar-refractivity contribution >= 4 is 5.69 Å². The molecule has 1 N–H and O–H groups in total. The number of aromatic nitrogens is 2. The van der Waals surface area contributed by atoms with Crippen LogP contribution in [0.1, 0.15) is 36.7 Å². The third-order valence-corrected chi connectivity index (χ3v) is 7.15. The number of rotatable bonds is 4. The molecule has 2 fully saturated rings. The van der Waals surface area contributed by atoms with Crippen LogP contribution in [-0.2, 0) is 23.2 Å². The molecule has 0 radical (unpaired) electrons. The van der Waals surface area contributed by atoms with Crippen LogP contribution in [0.4, 0.5) is 5.69 Å². The van der Waals surface area contributed by atoms with Crippen LogP contribution in [-0.4, -0.2) is 72.3 Å². The van der Waals surface area contributed by atoms with Crippen LogP contribution < -0.4 is 4.90 Å². The molecule has 1 aromatic heterocycles. The molecule has 0 unspecified atom stereocenters. The number of likely N-dealkylation sites (tertiary alicyclic amines) is 1. The Balaban J connectivity index is 1.27. The second-order valence-corrected chi connectivity index (χ2v) is 8.64. The minimum absolute atomic E-state index is 0.133. The van der Waals surface area contributed by atoms with Crippen LogP contribution in [0.5, 0.6) is 0 Å². The molecule has 4 heterocycles. The summed E-state index contributed by atoms with van der Waals surface area (Å²) in [5.74, 6) is 0. The van der Waals surface area contributed by atoms with Gasteiger partial charge in [-0.25, -0.2) is 4.98 Å². The number of ether oxygens (including phenoxy) is 1. The van der Waals surface area contributed by atoms with Gasteiger partial charge in [-0.3, -0.25) is 9.80 Å². The minimum atomic E-state index is 0.133. The van der Waals surface area contributed by atoms with Crippen LogP contribution in [0.2, 0.25) is 0 Å². The van der Waals surface area contributed by atoms with Gasteiger partial charge in [-0.15, -0.1) is 0 Å². The summed E-state index contributed by atoms with van der Waals surface area (Å²) in [5, 5.41) is 0. The number of nitrogens with zero attached hydrogens (tertiary/aromatic N) is 4. The van der Waals surface area contributed by atoms with Gasteiger partial charge in [0.2, 0.25) is 0 Å². The zero-order valence-electron chi connectivity index (χ0n) is 17.6. The van der Waals surface area contributed by atoms with E-state index in [2.05, 4.69) is 50.9 Å². The lowest BCUT2D eigenvalue weighted by Crippen LogP contribution is -2.56. The van der Waals surface area contributed by atoms with Crippen molar-refractivity contribution in [1.29, 1.82) is 0 Å². The maximum atomic E-state index is 5.50. The number of benzene rings is 1. The molecule has 156 valence electrons. The van der Waals surface area contributed by atoms with E-state index in [0.29, 0.717) is 0 Å². The molecule has 2 saturated heterocycles. The zero-order valence-corrected chi connectivity index (χ0v) is 17.6. The summed E-state index contributed by atoms with van der Waals surface area (Å²) in [5.41, 5.74) is 5.57. The molecule has 6 nitrogen and oxygen atoms in total. The quantitative estimate of drug-likeness (QED) is 0.862. The van der Waals surface area contributed by atoms with Gasteiger partial charge in [-0.1, -0.05) is 19.1 Å². The highest BCUT2D eigenvalue weighted by Gasteiger charge is 2.45. The summed E-state index contributed by atoms with van der Waals surface area (Å²) >= 11 is 0. The summed E-state index contributed by atoms with van der Waals surface area (Å²) in [4.78, 5) is 15.9. The third kappa shape index (κ3) is 3.58. The summed E-state index contributed by atoms with van der Waals surface area (Å²) in [6, 6.07) is 9.10. The number of hydrogen-bond acceptors (Lipinski definition) is 5. The monoisotopic (exact) mass is 395 g/mol. The molecule has 0 aliphatic carbocycles. The largest absolute Gasteiger partial charge is 0.378 e. The molecule has 0 bridgehead atoms. The fraction of sp³-hybridized carbons (Fsp3) is 0.609. The van der Waals surface area contributed by atoms with Crippen LogP contribution >= 0.6 is 0 Å². The highest BCUT2D eigenvalue weighted by atomic mass is 16.5. The number of H-pyrrole nitrogens is 1. The maximum Gasteiger partial charge on any atom is 0.0926 e. The summed E-state index contributed by atoms with van der Waals surface area (Å²) in [6.07, 6.45) is 5.34. The first-order chi connectivity index (χ1) is 14.3. The van der Waals surface area contributed by atoms with E-state index in [-0.39, 0.29) is 5.54 Å². The van der Waals surface area contributed by atoms with Gasteiger partial charge in [0.15, 0.2) is 0 Å². The number of fused-ring (bicyclic) bond motifs is 2. The maximum absolute atomic E-state index is 5.50. The summed E-state index contributed by atoms with van der Waals surface area (Å²) in [6.45, 7) is 11.5. The van der Waals surface area contributed by atoms with Gasteiger partial charge in [0.25, 0.3) is 0 Å². The van der Waals surface area contributed by atoms with E-state index < -0.39 is 0 Å². The Morgan fingerprint density at radius 3 is 2.72 bits per heavy atom. The normalized spacial score (nSPS) is 22.7. The van der Waals surface area contributed by atoms with Gasteiger partial charge >= 0.3 is 0 Å². The smallest absolute Gasteiger partial charge is 0.0926 e. The van der Waals surface area contributed by atoms with E-state index in [4.69, 9.17) is 9.72 Å². The topological polar surface area (TPSA) is 47.6 Å². The highest BCUT2D eigenvalue weighted by Crippen LogP contribution is 2.42. The van der Waals surface area contributed by atoms with E-state index in [1.165, 1.54) is 35.5 Å². The Kier molecular flexibility index (Phi) is 5.33. The van der Waals surface area contributed by atoms with Gasteiger partial charge in [0, 0.05) is 57.1 Å². The lowest BCUT2D eigenvalue weighted by molar-refractivity contribution is 0.00710. The number of imidazole rings is 1. The number of anilines is 1. The van der Waals surface area contributed by atoms with Crippen molar-refractivity contribution in [2.75, 3.05) is 57.4 Å². The van der Waals surface area contributed by atoms with Crippen molar-refractivity contribution in [3.05, 3.63) is 47.5 Å². The molecule has 1 aromatic carbocycles. The second-order valence-electron chi connectivity index (χ2n) is 8.64. The minimum Gasteiger partial charge on any atom is -0.378 e. The fourth-order valence-electron chi connectivity index (χ4n) is 5.55. The number of piperidine rings is 1. The number of hydrogen-bond donors (Lipinski definition) is 1. The molecule has 0 atom stereocenters. The standard InChI is InChI=1S/C23H33N5O/c1-2-28-9-6-21-22(25-18-24-21)23(28)7-10-26(11-8-23)17-19-4-3-5-20(16-19)27-12-14-29-15-13-27/h3-5,16,18H,2,6-15,17H2,1H3,(H,24,25). The summed E-state index contributed by atoms with van der Waals surface area (Å²) < 4.78 is 5.50. The number of likely N-dealkylation sites (N-methyl/N-ethyl adjacent to an activating group) is 1. The molecule has 0 amide bonds. The highest BCUT2D eigenvalue weighted by molar-refractivity contribution is 5.49. The Hall–Kier alpha value is -1.89.